The number of methoxy groups -OCH3 is 1. The molecule has 0 amide bonds. The zero-order chi connectivity index (χ0) is 20.4. The average molecular weight is 388 g/mol. The fourth-order valence-electron chi connectivity index (χ4n) is 2.37. The molecule has 1 unspecified atom stereocenters. The molecule has 0 saturated carbocycles. The second kappa shape index (κ2) is 11.0. The number of nitrogens with zero attached hydrogens (tertiary/aromatic N) is 1. The Bertz CT molecular complexity index is 790. The zero-order valence-corrected chi connectivity index (χ0v) is 15.6. The third-order valence-corrected chi connectivity index (χ3v) is 3.90. The molecule has 3 N–H and O–H groups in total. The fourth-order valence-corrected chi connectivity index (χ4v) is 2.37. The smallest absolute Gasteiger partial charge is 0.335 e. The highest BCUT2D eigenvalue weighted by Crippen LogP contribution is 2.19. The Hall–Kier alpha value is -2.97. The Morgan fingerprint density at radius 3 is 2.68 bits per heavy atom. The number of benzene rings is 1. The van der Waals surface area contributed by atoms with Crippen LogP contribution in [0.5, 0.6) is 11.5 Å². The molecule has 1 aliphatic heterocycles. The first-order chi connectivity index (χ1) is 13.5. The minimum atomic E-state index is -1.06. The van der Waals surface area contributed by atoms with Gasteiger partial charge < -0.3 is 24.4 Å². The Morgan fingerprint density at radius 1 is 1.29 bits per heavy atom. The molecule has 1 aliphatic rings. The Labute approximate surface area is 163 Å². The van der Waals surface area contributed by atoms with E-state index in [1.165, 1.54) is 18.3 Å². The monoisotopic (exact) mass is 388 g/mol. The number of carboxylic acids is 1. The number of nitrogens with one attached hydrogen (secondary N) is 1. The number of aromatic nitrogens is 1. The van der Waals surface area contributed by atoms with E-state index < -0.39 is 12.3 Å². The molecule has 0 radical (unpaired) electrons. The number of aliphatic hydroxyl groups is 1. The highest BCUT2D eigenvalue weighted by atomic mass is 16.6. The van der Waals surface area contributed by atoms with E-state index >= 15 is 0 Å². The van der Waals surface area contributed by atoms with Crippen molar-refractivity contribution in [3.05, 3.63) is 53.9 Å². The number of hydrogen-bond donors (Lipinski definition) is 3. The van der Waals surface area contributed by atoms with Crippen molar-refractivity contribution in [1.29, 1.82) is 5.41 Å². The summed E-state index contributed by atoms with van der Waals surface area (Å²) in [6.07, 6.45) is 3.94. The summed E-state index contributed by atoms with van der Waals surface area (Å²) in [5, 5.41) is 25.5. The van der Waals surface area contributed by atoms with E-state index in [0.29, 0.717) is 11.5 Å². The zero-order valence-electron chi connectivity index (χ0n) is 15.6. The first-order valence-corrected chi connectivity index (χ1v) is 8.83. The normalized spacial score (nSPS) is 15.7. The van der Waals surface area contributed by atoms with Gasteiger partial charge in [-0.1, -0.05) is 6.07 Å². The molecule has 1 fully saturated rings. The second-order valence-corrected chi connectivity index (χ2v) is 6.00. The lowest BCUT2D eigenvalue weighted by molar-refractivity contribution is -0.123. The van der Waals surface area contributed by atoms with Gasteiger partial charge in [0.2, 0.25) is 0 Å². The maximum atomic E-state index is 10.9. The van der Waals surface area contributed by atoms with Crippen LogP contribution in [0.1, 0.15) is 35.3 Å². The summed E-state index contributed by atoms with van der Waals surface area (Å²) in [6, 6.07) is 9.74. The van der Waals surface area contributed by atoms with E-state index in [1.807, 2.05) is 0 Å². The topological polar surface area (TPSA) is 122 Å². The standard InChI is InChI=1S/C15H14N2O4.C5H10O2/c1-20-11-3-2-4-12(8-11)21-9-13(16)14-7-10(15(18)19)5-6-17-14;6-5-3-1-2-4-7-5/h2-8,16H,9H2,1H3,(H,18,19);5-6H,1-4H2. The highest BCUT2D eigenvalue weighted by molar-refractivity contribution is 5.99. The quantitative estimate of drug-likeness (QED) is 0.650. The third-order valence-electron chi connectivity index (χ3n) is 3.90. The molecule has 0 bridgehead atoms. The number of hydrogen-bond acceptors (Lipinski definition) is 7. The fraction of sp³-hybridized carbons (Fsp3) is 0.350. The van der Waals surface area contributed by atoms with Crippen molar-refractivity contribution in [3.8, 4) is 11.5 Å². The van der Waals surface area contributed by atoms with Crippen molar-refractivity contribution in [3.63, 3.8) is 0 Å². The van der Waals surface area contributed by atoms with Crippen molar-refractivity contribution in [2.75, 3.05) is 20.3 Å². The van der Waals surface area contributed by atoms with Crippen LogP contribution in [-0.2, 0) is 4.74 Å². The van der Waals surface area contributed by atoms with Gasteiger partial charge in [0, 0.05) is 18.9 Å². The summed E-state index contributed by atoms with van der Waals surface area (Å²) in [5.41, 5.74) is 0.463. The van der Waals surface area contributed by atoms with Crippen LogP contribution in [0.2, 0.25) is 0 Å². The van der Waals surface area contributed by atoms with Crippen LogP contribution in [0.15, 0.2) is 42.6 Å². The largest absolute Gasteiger partial charge is 0.497 e. The van der Waals surface area contributed by atoms with Gasteiger partial charge in [-0.25, -0.2) is 4.79 Å². The molecule has 8 heteroatoms. The number of aromatic carboxylic acids is 1. The lowest BCUT2D eigenvalue weighted by atomic mass is 10.2. The van der Waals surface area contributed by atoms with Crippen molar-refractivity contribution < 1.29 is 29.2 Å². The maximum absolute atomic E-state index is 10.9. The number of carbonyl (C=O) groups is 1. The Morgan fingerprint density at radius 2 is 2.07 bits per heavy atom. The number of carboxylic acid groups (broad SMARTS) is 1. The van der Waals surface area contributed by atoms with Gasteiger partial charge in [-0.15, -0.1) is 0 Å². The third kappa shape index (κ3) is 6.98. The van der Waals surface area contributed by atoms with Crippen LogP contribution in [0, 0.1) is 5.41 Å². The van der Waals surface area contributed by atoms with Gasteiger partial charge in [-0.3, -0.25) is 10.4 Å². The molecular formula is C20H24N2O6. The van der Waals surface area contributed by atoms with E-state index in [-0.39, 0.29) is 23.6 Å². The van der Waals surface area contributed by atoms with E-state index in [9.17, 15) is 4.79 Å². The van der Waals surface area contributed by atoms with Gasteiger partial charge >= 0.3 is 5.97 Å². The molecular weight excluding hydrogens is 364 g/mol. The maximum Gasteiger partial charge on any atom is 0.335 e. The predicted octanol–water partition coefficient (Wildman–Crippen LogP) is 2.74. The van der Waals surface area contributed by atoms with E-state index in [2.05, 4.69) is 4.98 Å². The van der Waals surface area contributed by atoms with Crippen molar-refractivity contribution >= 4 is 11.7 Å². The highest BCUT2D eigenvalue weighted by Gasteiger charge is 2.09. The molecule has 2 heterocycles. The lowest BCUT2D eigenvalue weighted by Gasteiger charge is -2.16. The number of aliphatic hydroxyl groups excluding tert-OH is 1. The molecule has 28 heavy (non-hydrogen) atoms. The molecule has 1 atom stereocenters. The molecule has 2 aromatic rings. The predicted molar refractivity (Wildman–Crippen MR) is 102 cm³/mol. The van der Waals surface area contributed by atoms with Crippen LogP contribution in [-0.4, -0.2) is 53.5 Å². The second-order valence-electron chi connectivity index (χ2n) is 6.00. The summed E-state index contributed by atoms with van der Waals surface area (Å²) in [6.45, 7) is 0.727. The number of ether oxygens (including phenoxy) is 3. The van der Waals surface area contributed by atoms with Crippen molar-refractivity contribution in [1.82, 2.24) is 4.98 Å². The van der Waals surface area contributed by atoms with Gasteiger partial charge in [0.25, 0.3) is 0 Å². The summed E-state index contributed by atoms with van der Waals surface area (Å²) >= 11 is 0. The van der Waals surface area contributed by atoms with E-state index in [0.717, 1.165) is 25.9 Å². The first-order valence-electron chi connectivity index (χ1n) is 8.83. The number of rotatable bonds is 6. The molecule has 0 spiro atoms. The van der Waals surface area contributed by atoms with E-state index in [4.69, 9.17) is 29.8 Å². The Balaban J connectivity index is 0.000000336. The van der Waals surface area contributed by atoms with Crippen molar-refractivity contribution in [2.45, 2.75) is 25.6 Å². The Kier molecular flexibility index (Phi) is 8.38. The summed E-state index contributed by atoms with van der Waals surface area (Å²) in [7, 11) is 1.56. The minimum Gasteiger partial charge on any atom is -0.497 e. The molecule has 1 aromatic heterocycles. The summed E-state index contributed by atoms with van der Waals surface area (Å²) < 4.78 is 15.4. The average Bonchev–Trinajstić information content (AvgIpc) is 2.73. The molecule has 0 aliphatic carbocycles. The van der Waals surface area contributed by atoms with Gasteiger partial charge in [-0.2, -0.15) is 0 Å². The summed E-state index contributed by atoms with van der Waals surface area (Å²) in [5.74, 6) is 0.165. The van der Waals surface area contributed by atoms with Gasteiger partial charge in [0.05, 0.1) is 24.1 Å². The molecule has 3 rings (SSSR count). The van der Waals surface area contributed by atoms with E-state index in [1.54, 1.807) is 31.4 Å². The molecule has 8 nitrogen and oxygen atoms in total. The molecule has 1 saturated heterocycles. The lowest BCUT2D eigenvalue weighted by Crippen LogP contribution is -2.17. The van der Waals surface area contributed by atoms with Gasteiger partial charge in [0.15, 0.2) is 6.29 Å². The molecule has 150 valence electrons. The van der Waals surface area contributed by atoms with Crippen LogP contribution in [0.25, 0.3) is 0 Å². The SMILES string of the molecule is COc1cccc(OCC(=N)c2cc(C(=O)O)ccn2)c1.OC1CCCCO1. The van der Waals surface area contributed by atoms with Crippen molar-refractivity contribution in [2.24, 2.45) is 0 Å². The van der Waals surface area contributed by atoms with Gasteiger partial charge in [-0.05, 0) is 43.5 Å². The van der Waals surface area contributed by atoms with Crippen LogP contribution in [0.3, 0.4) is 0 Å². The summed E-state index contributed by atoms with van der Waals surface area (Å²) in [4.78, 5) is 14.9. The minimum absolute atomic E-state index is 0.0107. The van der Waals surface area contributed by atoms with Crippen LogP contribution in [0.4, 0.5) is 0 Å². The van der Waals surface area contributed by atoms with Crippen LogP contribution >= 0.6 is 0 Å². The molecule has 1 aromatic carbocycles. The first kappa shape index (κ1) is 21.3. The van der Waals surface area contributed by atoms with Gasteiger partial charge in [0.1, 0.15) is 18.1 Å². The number of pyridine rings is 1. The van der Waals surface area contributed by atoms with Crippen LogP contribution < -0.4 is 9.47 Å².